The van der Waals surface area contributed by atoms with Crippen LogP contribution in [0.3, 0.4) is 0 Å². The van der Waals surface area contributed by atoms with Crippen molar-refractivity contribution in [1.82, 2.24) is 0 Å². The topological polar surface area (TPSA) is 0 Å². The molecule has 1 fully saturated rings. The normalized spacial score (nSPS) is 27.0. The summed E-state index contributed by atoms with van der Waals surface area (Å²) in [5.74, 6) is 1.39. The lowest BCUT2D eigenvalue weighted by molar-refractivity contribution is 0.679. The third-order valence-corrected chi connectivity index (χ3v) is 4.61. The molecule has 0 N–H and O–H groups in total. The van der Waals surface area contributed by atoms with E-state index in [0.29, 0.717) is 0 Å². The zero-order chi connectivity index (χ0) is 6.53. The molecule has 1 rings (SSSR count). The Kier molecular flexibility index (Phi) is 3.91. The third-order valence-electron chi connectivity index (χ3n) is 1.61. The average Bonchev–Trinajstić information content (AvgIpc) is 2.34. The van der Waals surface area contributed by atoms with E-state index in [2.05, 4.69) is 17.7 Å². The summed E-state index contributed by atoms with van der Waals surface area (Å²) < 4.78 is 0. The van der Waals surface area contributed by atoms with Gasteiger partial charge in [0.2, 0.25) is 0 Å². The molecule has 0 spiro atoms. The van der Waals surface area contributed by atoms with E-state index in [-0.39, 0.29) is 0 Å². The molecular formula is C7H14S2. The van der Waals surface area contributed by atoms with Crippen molar-refractivity contribution in [3.63, 3.8) is 0 Å². The van der Waals surface area contributed by atoms with Gasteiger partial charge in [-0.25, -0.2) is 0 Å². The van der Waals surface area contributed by atoms with Gasteiger partial charge < -0.3 is 0 Å². The van der Waals surface area contributed by atoms with Crippen LogP contribution < -0.4 is 0 Å². The molecule has 0 aliphatic carbocycles. The van der Waals surface area contributed by atoms with Crippen molar-refractivity contribution in [1.29, 1.82) is 0 Å². The minimum atomic E-state index is 0.995. The predicted octanol–water partition coefficient (Wildman–Crippen LogP) is 3.33. The number of hydrogen-bond donors (Lipinski definition) is 0. The molecule has 1 aliphatic heterocycles. The van der Waals surface area contributed by atoms with Crippen LogP contribution in [0.25, 0.3) is 0 Å². The molecular weight excluding hydrogens is 148 g/mol. The van der Waals surface area contributed by atoms with Gasteiger partial charge in [0.1, 0.15) is 0 Å². The van der Waals surface area contributed by atoms with Crippen LogP contribution in [0.4, 0.5) is 0 Å². The van der Waals surface area contributed by atoms with Gasteiger partial charge in [0.15, 0.2) is 0 Å². The molecule has 0 aromatic carbocycles. The van der Waals surface area contributed by atoms with Crippen LogP contribution >= 0.6 is 21.6 Å². The Morgan fingerprint density at radius 3 is 3.00 bits per heavy atom. The minimum Gasteiger partial charge on any atom is -0.0938 e. The molecule has 0 bridgehead atoms. The predicted molar refractivity (Wildman–Crippen MR) is 48.0 cm³/mol. The van der Waals surface area contributed by atoms with Gasteiger partial charge in [-0.05, 0) is 12.8 Å². The summed E-state index contributed by atoms with van der Waals surface area (Å²) in [4.78, 5) is 0. The molecule has 1 saturated heterocycles. The second-order valence-electron chi connectivity index (χ2n) is 2.47. The standard InChI is InChI=1S/C7H14S2/c1-2-3-4-7-5-6-8-9-7/h7H,2-6H2,1H3/t7-/m0/s1. The fourth-order valence-electron chi connectivity index (χ4n) is 0.996. The SMILES string of the molecule is CCCC[C@H]1CCSS1. The second kappa shape index (κ2) is 4.51. The maximum Gasteiger partial charge on any atom is 0.0159 e. The highest BCUT2D eigenvalue weighted by Gasteiger charge is 2.14. The molecule has 0 radical (unpaired) electrons. The molecule has 9 heavy (non-hydrogen) atoms. The number of rotatable bonds is 3. The molecule has 0 aromatic rings. The molecule has 0 amide bonds. The number of hydrogen-bond acceptors (Lipinski definition) is 2. The summed E-state index contributed by atoms with van der Waals surface area (Å²) in [6.07, 6.45) is 5.70. The zero-order valence-electron chi connectivity index (χ0n) is 5.93. The first-order valence-corrected chi connectivity index (χ1v) is 6.10. The largest absolute Gasteiger partial charge is 0.0938 e. The molecule has 0 nitrogen and oxygen atoms in total. The summed E-state index contributed by atoms with van der Waals surface area (Å²) in [6, 6.07) is 0. The van der Waals surface area contributed by atoms with Crippen LogP contribution in [0.2, 0.25) is 0 Å². The van der Waals surface area contributed by atoms with Gasteiger partial charge >= 0.3 is 0 Å². The highest BCUT2D eigenvalue weighted by atomic mass is 33.1. The average molecular weight is 162 g/mol. The van der Waals surface area contributed by atoms with Crippen molar-refractivity contribution in [2.75, 3.05) is 5.75 Å². The van der Waals surface area contributed by atoms with Crippen LogP contribution in [-0.2, 0) is 0 Å². The van der Waals surface area contributed by atoms with Gasteiger partial charge in [0.05, 0.1) is 0 Å². The highest BCUT2D eigenvalue weighted by molar-refractivity contribution is 8.77. The van der Waals surface area contributed by atoms with E-state index in [4.69, 9.17) is 0 Å². The Morgan fingerprint density at radius 2 is 2.44 bits per heavy atom. The maximum absolute atomic E-state index is 2.27. The van der Waals surface area contributed by atoms with Crippen molar-refractivity contribution in [3.8, 4) is 0 Å². The third kappa shape index (κ3) is 2.85. The quantitative estimate of drug-likeness (QED) is 0.584. The molecule has 1 heterocycles. The Balaban J connectivity index is 1.98. The number of unbranched alkanes of at least 4 members (excludes halogenated alkanes) is 1. The first-order chi connectivity index (χ1) is 4.43. The Bertz CT molecular complexity index is 67.3. The molecule has 1 aliphatic rings. The monoisotopic (exact) mass is 162 g/mol. The lowest BCUT2D eigenvalue weighted by Crippen LogP contribution is -1.95. The van der Waals surface area contributed by atoms with Gasteiger partial charge in [-0.3, -0.25) is 0 Å². The molecule has 0 aromatic heterocycles. The highest BCUT2D eigenvalue weighted by Crippen LogP contribution is 2.39. The molecule has 0 unspecified atom stereocenters. The fourth-order valence-corrected chi connectivity index (χ4v) is 4.02. The Morgan fingerprint density at radius 1 is 1.56 bits per heavy atom. The maximum atomic E-state index is 2.27. The lowest BCUT2D eigenvalue weighted by Gasteiger charge is -2.03. The van der Waals surface area contributed by atoms with E-state index in [0.717, 1.165) is 5.25 Å². The summed E-state index contributed by atoms with van der Waals surface area (Å²) in [7, 11) is 4.15. The first kappa shape index (κ1) is 7.80. The first-order valence-electron chi connectivity index (χ1n) is 3.71. The van der Waals surface area contributed by atoms with E-state index in [1.54, 1.807) is 0 Å². The summed E-state index contributed by atoms with van der Waals surface area (Å²) in [6.45, 7) is 2.27. The van der Waals surface area contributed by atoms with E-state index >= 15 is 0 Å². The van der Waals surface area contributed by atoms with Crippen molar-refractivity contribution in [2.45, 2.75) is 37.9 Å². The van der Waals surface area contributed by atoms with Crippen LogP contribution in [0.1, 0.15) is 32.6 Å². The van der Waals surface area contributed by atoms with Crippen molar-refractivity contribution in [3.05, 3.63) is 0 Å². The van der Waals surface area contributed by atoms with Crippen LogP contribution in [-0.4, -0.2) is 11.0 Å². The molecule has 54 valence electrons. The van der Waals surface area contributed by atoms with E-state index < -0.39 is 0 Å². The smallest absolute Gasteiger partial charge is 0.0159 e. The Labute approximate surface area is 65.6 Å². The van der Waals surface area contributed by atoms with Gasteiger partial charge in [-0.1, -0.05) is 41.4 Å². The van der Waals surface area contributed by atoms with Crippen LogP contribution in [0.15, 0.2) is 0 Å². The molecule has 2 heteroatoms. The van der Waals surface area contributed by atoms with Crippen LogP contribution in [0.5, 0.6) is 0 Å². The van der Waals surface area contributed by atoms with Gasteiger partial charge in [-0.15, -0.1) is 0 Å². The summed E-state index contributed by atoms with van der Waals surface area (Å²) in [5.41, 5.74) is 0. The fraction of sp³-hybridized carbons (Fsp3) is 1.00. The van der Waals surface area contributed by atoms with Gasteiger partial charge in [0, 0.05) is 11.0 Å². The van der Waals surface area contributed by atoms with Gasteiger partial charge in [0.25, 0.3) is 0 Å². The second-order valence-corrected chi connectivity index (χ2v) is 5.26. The van der Waals surface area contributed by atoms with Crippen molar-refractivity contribution in [2.24, 2.45) is 0 Å². The molecule has 0 saturated carbocycles. The van der Waals surface area contributed by atoms with E-state index in [9.17, 15) is 0 Å². The lowest BCUT2D eigenvalue weighted by atomic mass is 10.2. The summed E-state index contributed by atoms with van der Waals surface area (Å²) in [5, 5.41) is 0.995. The van der Waals surface area contributed by atoms with E-state index in [1.807, 2.05) is 10.8 Å². The van der Waals surface area contributed by atoms with Crippen molar-refractivity contribution < 1.29 is 0 Å². The van der Waals surface area contributed by atoms with Crippen molar-refractivity contribution >= 4 is 21.6 Å². The summed E-state index contributed by atoms with van der Waals surface area (Å²) >= 11 is 0. The minimum absolute atomic E-state index is 0.995. The zero-order valence-corrected chi connectivity index (χ0v) is 7.56. The van der Waals surface area contributed by atoms with E-state index in [1.165, 1.54) is 31.4 Å². The van der Waals surface area contributed by atoms with Crippen LogP contribution in [0, 0.1) is 0 Å². The molecule has 1 atom stereocenters. The Hall–Kier alpha value is 0.700. The van der Waals surface area contributed by atoms with Gasteiger partial charge in [-0.2, -0.15) is 0 Å².